The van der Waals surface area contributed by atoms with E-state index >= 15 is 0 Å². The molecule has 2 atom stereocenters. The van der Waals surface area contributed by atoms with Crippen LogP contribution in [0.2, 0.25) is 10.0 Å². The van der Waals surface area contributed by atoms with E-state index in [2.05, 4.69) is 4.90 Å². The molecular formula is C15H19Cl2NO. The lowest BCUT2D eigenvalue weighted by Gasteiger charge is -2.38. The standard InChI is InChI=1S/C15H19Cl2NO/c16-12-4-3-11(14(17)7-12)9-18-6-5-13(19)8-15(18)10-1-2-10/h3-4,7,10,13,15,19H,1-2,5-6,8-9H2/t13-,15-/m1/s1. The molecule has 1 saturated carbocycles. The van der Waals surface area contributed by atoms with Gasteiger partial charge in [0, 0.05) is 29.2 Å². The second-order valence-corrected chi connectivity index (χ2v) is 6.63. The van der Waals surface area contributed by atoms with Gasteiger partial charge in [-0.2, -0.15) is 0 Å². The molecule has 2 aliphatic rings. The Kier molecular flexibility index (Phi) is 4.04. The number of piperidine rings is 1. The van der Waals surface area contributed by atoms with E-state index in [0.717, 1.165) is 42.4 Å². The van der Waals surface area contributed by atoms with Crippen LogP contribution in [0.1, 0.15) is 31.2 Å². The van der Waals surface area contributed by atoms with Crippen LogP contribution in [0.5, 0.6) is 0 Å². The van der Waals surface area contributed by atoms with Gasteiger partial charge < -0.3 is 5.11 Å². The van der Waals surface area contributed by atoms with Gasteiger partial charge in [0.25, 0.3) is 0 Å². The molecule has 0 spiro atoms. The lowest BCUT2D eigenvalue weighted by atomic mass is 9.95. The Morgan fingerprint density at radius 2 is 2.00 bits per heavy atom. The molecular weight excluding hydrogens is 281 g/mol. The zero-order valence-electron chi connectivity index (χ0n) is 10.9. The molecule has 1 aromatic carbocycles. The average Bonchev–Trinajstić information content (AvgIpc) is 3.18. The minimum atomic E-state index is -0.123. The quantitative estimate of drug-likeness (QED) is 0.919. The van der Waals surface area contributed by atoms with E-state index in [9.17, 15) is 5.11 Å². The topological polar surface area (TPSA) is 23.5 Å². The second-order valence-electron chi connectivity index (χ2n) is 5.79. The number of aliphatic hydroxyl groups excluding tert-OH is 1. The average molecular weight is 300 g/mol. The summed E-state index contributed by atoms with van der Waals surface area (Å²) in [5.74, 6) is 0.779. The summed E-state index contributed by atoms with van der Waals surface area (Å²) in [4.78, 5) is 2.49. The van der Waals surface area contributed by atoms with Crippen molar-refractivity contribution in [1.82, 2.24) is 4.90 Å². The Morgan fingerprint density at radius 1 is 1.21 bits per heavy atom. The smallest absolute Gasteiger partial charge is 0.0567 e. The molecule has 0 bridgehead atoms. The van der Waals surface area contributed by atoms with Gasteiger partial charge >= 0.3 is 0 Å². The maximum atomic E-state index is 9.86. The number of hydrogen-bond donors (Lipinski definition) is 1. The summed E-state index contributed by atoms with van der Waals surface area (Å²) in [6.45, 7) is 1.82. The Balaban J connectivity index is 1.73. The van der Waals surface area contributed by atoms with E-state index in [4.69, 9.17) is 23.2 Å². The van der Waals surface area contributed by atoms with Gasteiger partial charge in [-0.05, 0) is 49.3 Å². The molecule has 104 valence electrons. The summed E-state index contributed by atoms with van der Waals surface area (Å²) in [5, 5.41) is 11.3. The monoisotopic (exact) mass is 299 g/mol. The highest BCUT2D eigenvalue weighted by Gasteiger charge is 2.38. The lowest BCUT2D eigenvalue weighted by molar-refractivity contribution is 0.0283. The van der Waals surface area contributed by atoms with Crippen LogP contribution in [0.25, 0.3) is 0 Å². The lowest BCUT2D eigenvalue weighted by Crippen LogP contribution is -2.45. The molecule has 1 heterocycles. The minimum absolute atomic E-state index is 0.123. The van der Waals surface area contributed by atoms with Gasteiger partial charge in [-0.1, -0.05) is 29.3 Å². The SMILES string of the molecule is O[C@@H]1CCN(Cc2ccc(Cl)cc2Cl)[C@@H](C2CC2)C1. The maximum absolute atomic E-state index is 9.86. The van der Waals surface area contributed by atoms with Gasteiger partial charge in [0.2, 0.25) is 0 Å². The summed E-state index contributed by atoms with van der Waals surface area (Å²) >= 11 is 12.2. The number of rotatable bonds is 3. The van der Waals surface area contributed by atoms with Crippen molar-refractivity contribution >= 4 is 23.2 Å². The van der Waals surface area contributed by atoms with Crippen LogP contribution in [0.4, 0.5) is 0 Å². The summed E-state index contributed by atoms with van der Waals surface area (Å²) in [7, 11) is 0. The van der Waals surface area contributed by atoms with E-state index in [1.54, 1.807) is 0 Å². The summed E-state index contributed by atoms with van der Waals surface area (Å²) in [5.41, 5.74) is 1.13. The van der Waals surface area contributed by atoms with Crippen molar-refractivity contribution < 1.29 is 5.11 Å². The molecule has 2 nitrogen and oxygen atoms in total. The van der Waals surface area contributed by atoms with Crippen LogP contribution >= 0.6 is 23.2 Å². The first-order valence-corrected chi connectivity index (χ1v) is 7.75. The molecule has 1 aliphatic heterocycles. The Labute approximate surface area is 124 Å². The molecule has 1 aromatic rings. The van der Waals surface area contributed by atoms with Crippen LogP contribution in [-0.4, -0.2) is 28.7 Å². The third kappa shape index (κ3) is 3.25. The molecule has 0 radical (unpaired) electrons. The summed E-state index contributed by atoms with van der Waals surface area (Å²) < 4.78 is 0. The summed E-state index contributed by atoms with van der Waals surface area (Å²) in [6.07, 6.45) is 4.27. The van der Waals surface area contributed by atoms with Crippen molar-refractivity contribution in [3.8, 4) is 0 Å². The Hall–Kier alpha value is -0.280. The fraction of sp³-hybridized carbons (Fsp3) is 0.600. The number of halogens is 2. The third-order valence-corrected chi connectivity index (χ3v) is 4.87. The van der Waals surface area contributed by atoms with Crippen molar-refractivity contribution in [2.24, 2.45) is 5.92 Å². The number of hydrogen-bond acceptors (Lipinski definition) is 2. The van der Waals surface area contributed by atoms with E-state index < -0.39 is 0 Å². The Bertz CT molecular complexity index is 461. The zero-order chi connectivity index (χ0) is 13.4. The molecule has 1 aliphatic carbocycles. The predicted molar refractivity (Wildman–Crippen MR) is 78.6 cm³/mol. The van der Waals surface area contributed by atoms with Crippen LogP contribution < -0.4 is 0 Å². The Morgan fingerprint density at radius 3 is 2.68 bits per heavy atom. The predicted octanol–water partition coefficient (Wildman–Crippen LogP) is 3.73. The minimum Gasteiger partial charge on any atom is -0.393 e. The molecule has 0 amide bonds. The van der Waals surface area contributed by atoms with Gasteiger partial charge in [0.15, 0.2) is 0 Å². The van der Waals surface area contributed by atoms with Crippen LogP contribution in [0, 0.1) is 5.92 Å². The molecule has 0 aromatic heterocycles. The first-order chi connectivity index (χ1) is 9.13. The number of nitrogens with zero attached hydrogens (tertiary/aromatic N) is 1. The van der Waals surface area contributed by atoms with Crippen molar-refractivity contribution in [1.29, 1.82) is 0 Å². The highest BCUT2D eigenvalue weighted by molar-refractivity contribution is 6.35. The normalized spacial score (nSPS) is 28.6. The third-order valence-electron chi connectivity index (χ3n) is 4.29. The van der Waals surface area contributed by atoms with Gasteiger partial charge in [-0.15, -0.1) is 0 Å². The maximum Gasteiger partial charge on any atom is 0.0567 e. The fourth-order valence-corrected chi connectivity index (χ4v) is 3.53. The largest absolute Gasteiger partial charge is 0.393 e. The van der Waals surface area contributed by atoms with Crippen molar-refractivity contribution in [2.75, 3.05) is 6.54 Å². The van der Waals surface area contributed by atoms with Crippen LogP contribution in [0.3, 0.4) is 0 Å². The van der Waals surface area contributed by atoms with Gasteiger partial charge in [0.1, 0.15) is 0 Å². The first kappa shape index (κ1) is 13.7. The van der Waals surface area contributed by atoms with Gasteiger partial charge in [0.05, 0.1) is 6.10 Å². The first-order valence-electron chi connectivity index (χ1n) is 6.99. The number of likely N-dealkylation sites (tertiary alicyclic amines) is 1. The van der Waals surface area contributed by atoms with E-state index in [-0.39, 0.29) is 6.10 Å². The molecule has 4 heteroatoms. The second kappa shape index (κ2) is 5.61. The van der Waals surface area contributed by atoms with Crippen molar-refractivity contribution in [3.05, 3.63) is 33.8 Å². The molecule has 19 heavy (non-hydrogen) atoms. The van der Waals surface area contributed by atoms with Crippen molar-refractivity contribution in [3.63, 3.8) is 0 Å². The highest BCUT2D eigenvalue weighted by Crippen LogP contribution is 2.40. The molecule has 0 unspecified atom stereocenters. The molecule has 1 N–H and O–H groups in total. The number of benzene rings is 1. The van der Waals surface area contributed by atoms with E-state index in [1.165, 1.54) is 12.8 Å². The zero-order valence-corrected chi connectivity index (χ0v) is 12.4. The van der Waals surface area contributed by atoms with Gasteiger partial charge in [-0.25, -0.2) is 0 Å². The van der Waals surface area contributed by atoms with Gasteiger partial charge in [-0.3, -0.25) is 4.90 Å². The highest BCUT2D eigenvalue weighted by atomic mass is 35.5. The van der Waals surface area contributed by atoms with E-state index in [0.29, 0.717) is 11.1 Å². The van der Waals surface area contributed by atoms with Crippen LogP contribution in [0.15, 0.2) is 18.2 Å². The molecule has 2 fully saturated rings. The van der Waals surface area contributed by atoms with Crippen LogP contribution in [-0.2, 0) is 6.54 Å². The molecule has 1 saturated heterocycles. The number of aliphatic hydroxyl groups is 1. The van der Waals surface area contributed by atoms with Crippen molar-refractivity contribution in [2.45, 2.75) is 44.4 Å². The fourth-order valence-electron chi connectivity index (χ4n) is 3.06. The molecule has 3 rings (SSSR count). The van der Waals surface area contributed by atoms with E-state index in [1.807, 2.05) is 18.2 Å². The summed E-state index contributed by atoms with van der Waals surface area (Å²) in [6, 6.07) is 6.24.